The van der Waals surface area contributed by atoms with Crippen molar-refractivity contribution in [2.45, 2.75) is 58.7 Å². The highest BCUT2D eigenvalue weighted by atomic mass is 31.1. The lowest BCUT2D eigenvalue weighted by Crippen LogP contribution is -2.48. The Hall–Kier alpha value is -1.37. The summed E-state index contributed by atoms with van der Waals surface area (Å²) < 4.78 is 6.59. The van der Waals surface area contributed by atoms with Gasteiger partial charge in [-0.1, -0.05) is 62.4 Å². The van der Waals surface area contributed by atoms with Crippen LogP contribution in [0.25, 0.3) is 0 Å². The maximum Gasteiger partial charge on any atom is 0.158 e. The van der Waals surface area contributed by atoms with Crippen LogP contribution in [0.1, 0.15) is 39.7 Å². The van der Waals surface area contributed by atoms with Crippen molar-refractivity contribution in [1.82, 2.24) is 0 Å². The number of hydrogen-bond donors (Lipinski definition) is 0. The third-order valence-corrected chi connectivity index (χ3v) is 7.89. The molecule has 2 aromatic carbocycles. The molecule has 0 saturated carbocycles. The van der Waals surface area contributed by atoms with Gasteiger partial charge in [-0.25, -0.2) is 0 Å². The quantitative estimate of drug-likeness (QED) is 0.744. The van der Waals surface area contributed by atoms with Gasteiger partial charge >= 0.3 is 0 Å². The first-order valence-corrected chi connectivity index (χ1v) is 10.9. The number of rotatable bonds is 4. The molecule has 2 heterocycles. The van der Waals surface area contributed by atoms with Crippen molar-refractivity contribution in [2.24, 2.45) is 5.92 Å². The highest BCUT2D eigenvalue weighted by molar-refractivity contribution is 7.74. The Bertz CT molecular complexity index is 743. The fourth-order valence-electron chi connectivity index (χ4n) is 4.28. The number of nitrogens with zero attached hydrogens (tertiary/aromatic N) is 1. The lowest BCUT2D eigenvalue weighted by atomic mass is 9.90. The third-order valence-electron chi connectivity index (χ3n) is 5.34. The minimum Gasteiger partial charge on any atom is -0.351 e. The molecule has 0 fully saturated rings. The first-order chi connectivity index (χ1) is 12.1. The number of ether oxygens (including phenoxy) is 1. The molecule has 0 aromatic heterocycles. The van der Waals surface area contributed by atoms with E-state index in [0.29, 0.717) is 12.0 Å². The van der Waals surface area contributed by atoms with Crippen LogP contribution in [-0.4, -0.2) is 18.1 Å². The van der Waals surface area contributed by atoms with E-state index in [2.05, 4.69) is 81.1 Å². The van der Waals surface area contributed by atoms with Crippen LogP contribution in [0.15, 0.2) is 48.5 Å². The summed E-state index contributed by atoms with van der Waals surface area (Å²) in [5.74, 6) is 0.784. The summed E-state index contributed by atoms with van der Waals surface area (Å²) in [6.45, 7) is 9.04. The molecule has 132 valence electrons. The molecule has 0 N–H and O–H groups in total. The molecule has 3 atom stereocenters. The summed E-state index contributed by atoms with van der Waals surface area (Å²) in [5.41, 5.74) is 2.99. The van der Waals surface area contributed by atoms with Gasteiger partial charge in [0, 0.05) is 19.3 Å². The molecule has 0 spiro atoms. The number of hydrogen-bond acceptors (Lipinski definition) is 2. The van der Waals surface area contributed by atoms with Crippen LogP contribution in [0.3, 0.4) is 0 Å². The molecule has 2 aliphatic rings. The fourth-order valence-corrected chi connectivity index (χ4v) is 7.18. The molecule has 3 heteroatoms. The zero-order valence-corrected chi connectivity index (χ0v) is 16.5. The van der Waals surface area contributed by atoms with Gasteiger partial charge in [0.05, 0.1) is 11.8 Å². The molecule has 0 aliphatic carbocycles. The Labute approximate surface area is 152 Å². The van der Waals surface area contributed by atoms with E-state index < -0.39 is 7.92 Å². The predicted octanol–water partition coefficient (Wildman–Crippen LogP) is 4.62. The van der Waals surface area contributed by atoms with Gasteiger partial charge in [0.25, 0.3) is 0 Å². The standard InChI is InChI=1S/C22H28NOP/c1-15(2)19-14-13-17-9-8-12-20-21(17)23(19)22(24-16(3)4)25(20)18-10-6-5-7-11-18/h5-12,15-16,19,22H,13-14H2,1-4H3/t19-,22+,25?/m0/s1. The monoisotopic (exact) mass is 353 g/mol. The Morgan fingerprint density at radius 2 is 1.76 bits per heavy atom. The molecule has 25 heavy (non-hydrogen) atoms. The second-order valence-corrected chi connectivity index (χ2v) is 9.94. The smallest absolute Gasteiger partial charge is 0.158 e. The molecule has 0 saturated heterocycles. The average molecular weight is 353 g/mol. The largest absolute Gasteiger partial charge is 0.351 e. The number of anilines is 1. The molecule has 0 amide bonds. The van der Waals surface area contributed by atoms with Crippen LogP contribution in [0.2, 0.25) is 0 Å². The summed E-state index contributed by atoms with van der Waals surface area (Å²) in [6.07, 6.45) is 2.64. The van der Waals surface area contributed by atoms with Crippen LogP contribution < -0.4 is 15.5 Å². The Morgan fingerprint density at radius 3 is 2.44 bits per heavy atom. The van der Waals surface area contributed by atoms with E-state index in [4.69, 9.17) is 4.74 Å². The average Bonchev–Trinajstić information content (AvgIpc) is 2.91. The molecular weight excluding hydrogens is 325 g/mol. The normalized spacial score (nSPS) is 24.9. The fraction of sp³-hybridized carbons (Fsp3) is 0.455. The SMILES string of the molecule is CC(C)O[C@H]1N2c3c(cccc3P1c1ccccc1)CC[C@H]2C(C)C. The van der Waals surface area contributed by atoms with Gasteiger partial charge in [-0.05, 0) is 43.5 Å². The predicted molar refractivity (Wildman–Crippen MR) is 109 cm³/mol. The molecule has 2 aliphatic heterocycles. The second kappa shape index (κ2) is 6.74. The van der Waals surface area contributed by atoms with E-state index in [1.54, 1.807) is 0 Å². The summed E-state index contributed by atoms with van der Waals surface area (Å²) >= 11 is 0. The highest BCUT2D eigenvalue weighted by Gasteiger charge is 2.46. The number of benzene rings is 2. The van der Waals surface area contributed by atoms with Crippen LogP contribution in [0.5, 0.6) is 0 Å². The minimum atomic E-state index is -0.521. The van der Waals surface area contributed by atoms with Gasteiger partial charge in [-0.15, -0.1) is 0 Å². The van der Waals surface area contributed by atoms with Crippen molar-refractivity contribution in [3.8, 4) is 0 Å². The maximum atomic E-state index is 6.59. The zero-order valence-electron chi connectivity index (χ0n) is 15.6. The van der Waals surface area contributed by atoms with Gasteiger partial charge in [-0.3, -0.25) is 0 Å². The molecule has 1 unspecified atom stereocenters. The van der Waals surface area contributed by atoms with Crippen LogP contribution in [0, 0.1) is 5.92 Å². The maximum absolute atomic E-state index is 6.59. The lowest BCUT2D eigenvalue weighted by Gasteiger charge is -2.43. The van der Waals surface area contributed by atoms with E-state index in [-0.39, 0.29) is 12.1 Å². The zero-order chi connectivity index (χ0) is 17.6. The molecular formula is C22H28NOP. The van der Waals surface area contributed by atoms with Crippen LogP contribution in [0.4, 0.5) is 5.69 Å². The summed E-state index contributed by atoms with van der Waals surface area (Å²) in [5, 5.41) is 2.93. The Kier molecular flexibility index (Phi) is 4.60. The van der Waals surface area contributed by atoms with Crippen molar-refractivity contribution < 1.29 is 4.74 Å². The van der Waals surface area contributed by atoms with Crippen molar-refractivity contribution >= 4 is 24.2 Å². The first kappa shape index (κ1) is 17.1. The van der Waals surface area contributed by atoms with Gasteiger partial charge < -0.3 is 9.64 Å². The lowest BCUT2D eigenvalue weighted by molar-refractivity contribution is 0.0481. The van der Waals surface area contributed by atoms with E-state index in [1.165, 1.54) is 34.7 Å². The van der Waals surface area contributed by atoms with E-state index >= 15 is 0 Å². The first-order valence-electron chi connectivity index (χ1n) is 9.48. The molecule has 4 rings (SSSR count). The summed E-state index contributed by atoms with van der Waals surface area (Å²) in [4.78, 5) is 2.65. The van der Waals surface area contributed by atoms with Crippen molar-refractivity contribution in [1.29, 1.82) is 0 Å². The van der Waals surface area contributed by atoms with E-state index in [1.807, 2.05) is 0 Å². The van der Waals surface area contributed by atoms with E-state index in [0.717, 1.165) is 0 Å². The Balaban J connectivity index is 1.89. The molecule has 2 aromatic rings. The Morgan fingerprint density at radius 1 is 1.00 bits per heavy atom. The van der Waals surface area contributed by atoms with Crippen molar-refractivity contribution in [3.05, 3.63) is 54.1 Å². The van der Waals surface area contributed by atoms with Gasteiger partial charge in [0.2, 0.25) is 0 Å². The topological polar surface area (TPSA) is 12.5 Å². The molecule has 0 bridgehead atoms. The molecule has 0 radical (unpaired) electrons. The van der Waals surface area contributed by atoms with Crippen LogP contribution >= 0.6 is 7.92 Å². The van der Waals surface area contributed by atoms with Crippen LogP contribution in [-0.2, 0) is 11.2 Å². The second-order valence-electron chi connectivity index (χ2n) is 7.76. The molecule has 2 nitrogen and oxygen atoms in total. The number of para-hydroxylation sites is 1. The third kappa shape index (κ3) is 2.90. The summed E-state index contributed by atoms with van der Waals surface area (Å²) in [7, 11) is -0.521. The van der Waals surface area contributed by atoms with Crippen molar-refractivity contribution in [3.63, 3.8) is 0 Å². The summed E-state index contributed by atoms with van der Waals surface area (Å²) in [6, 6.07) is 18.5. The van der Waals surface area contributed by atoms with Crippen molar-refractivity contribution in [2.75, 3.05) is 4.90 Å². The van der Waals surface area contributed by atoms with Gasteiger partial charge in [0.1, 0.15) is 0 Å². The number of aryl methyl sites for hydroxylation is 1. The van der Waals surface area contributed by atoms with Gasteiger partial charge in [0.15, 0.2) is 5.97 Å². The minimum absolute atomic E-state index is 0.154. The highest BCUT2D eigenvalue weighted by Crippen LogP contribution is 2.55. The van der Waals surface area contributed by atoms with E-state index in [9.17, 15) is 0 Å². The van der Waals surface area contributed by atoms with Gasteiger partial charge in [-0.2, -0.15) is 0 Å².